The van der Waals surface area contributed by atoms with Crippen molar-refractivity contribution in [2.75, 3.05) is 31.5 Å². The quantitative estimate of drug-likeness (QED) is 0.504. The second kappa shape index (κ2) is 12.0. The molecule has 8 nitrogen and oxygen atoms in total. The third-order valence-electron chi connectivity index (χ3n) is 6.81. The average molecular weight is 589 g/mol. The minimum atomic E-state index is -3.66. The molecule has 37 heavy (non-hydrogen) atoms. The van der Waals surface area contributed by atoms with E-state index >= 15 is 0 Å². The summed E-state index contributed by atoms with van der Waals surface area (Å²) in [5.41, 5.74) is 0.992. The molecule has 2 aliphatic rings. The van der Waals surface area contributed by atoms with Crippen LogP contribution in [0.2, 0.25) is 10.0 Å². The molecule has 2 aromatic carbocycles. The summed E-state index contributed by atoms with van der Waals surface area (Å²) in [7, 11) is -7.23. The molecule has 0 aromatic heterocycles. The van der Waals surface area contributed by atoms with Crippen LogP contribution in [-0.2, 0) is 30.6 Å². The number of sulfonamides is 2. The number of piperidine rings is 1. The van der Waals surface area contributed by atoms with E-state index in [4.69, 9.17) is 23.2 Å². The molecule has 2 aliphatic heterocycles. The van der Waals surface area contributed by atoms with Crippen molar-refractivity contribution in [3.63, 3.8) is 0 Å². The molecule has 0 radical (unpaired) electrons. The lowest BCUT2D eigenvalue weighted by Crippen LogP contribution is -2.44. The van der Waals surface area contributed by atoms with Crippen LogP contribution >= 0.6 is 23.2 Å². The summed E-state index contributed by atoms with van der Waals surface area (Å²) >= 11 is 11.9. The Morgan fingerprint density at radius 1 is 0.838 bits per heavy atom. The maximum absolute atomic E-state index is 13.0. The van der Waals surface area contributed by atoms with E-state index in [1.54, 1.807) is 24.3 Å². The van der Waals surface area contributed by atoms with E-state index in [9.17, 15) is 21.6 Å². The first-order valence-corrected chi connectivity index (χ1v) is 16.2. The first-order valence-electron chi connectivity index (χ1n) is 12.4. The number of halogens is 2. The van der Waals surface area contributed by atoms with E-state index in [1.165, 1.54) is 26.8 Å². The molecule has 202 valence electrons. The predicted octanol–water partition coefficient (Wildman–Crippen LogP) is 4.74. The number of hydrogen-bond donors (Lipinski definition) is 1. The lowest BCUT2D eigenvalue weighted by Gasteiger charge is -2.31. The summed E-state index contributed by atoms with van der Waals surface area (Å²) in [6.45, 7) is 1.47. The third-order valence-corrected chi connectivity index (χ3v) is 11.3. The van der Waals surface area contributed by atoms with Crippen molar-refractivity contribution in [1.82, 2.24) is 8.61 Å². The Hall–Kier alpha value is -1.69. The van der Waals surface area contributed by atoms with Gasteiger partial charge >= 0.3 is 0 Å². The minimum absolute atomic E-state index is 0.0803. The molecule has 12 heteroatoms. The van der Waals surface area contributed by atoms with Gasteiger partial charge in [-0.25, -0.2) is 21.1 Å². The molecular weight excluding hydrogens is 557 g/mol. The summed E-state index contributed by atoms with van der Waals surface area (Å²) in [6, 6.07) is 10.9. The van der Waals surface area contributed by atoms with Gasteiger partial charge in [0.15, 0.2) is 0 Å². The molecule has 0 unspecified atom stereocenters. The van der Waals surface area contributed by atoms with Crippen LogP contribution in [0.25, 0.3) is 0 Å². The SMILES string of the molecule is O=C(Nc1ccc(S(=O)(=O)N2CCCCCC2)cc1)[C@H]1CCCN(S(=O)(=O)Cc2ccc(Cl)c(Cl)c2)C1. The normalized spacial score (nSPS) is 20.3. The Bertz CT molecular complexity index is 1330. The van der Waals surface area contributed by atoms with Gasteiger partial charge in [-0.05, 0) is 67.6 Å². The molecule has 4 rings (SSSR count). The number of carbonyl (C=O) groups is 1. The van der Waals surface area contributed by atoms with Crippen molar-refractivity contribution >= 4 is 54.8 Å². The zero-order valence-corrected chi connectivity index (χ0v) is 23.5. The zero-order chi connectivity index (χ0) is 26.6. The molecule has 0 aliphatic carbocycles. The Morgan fingerprint density at radius 3 is 2.14 bits per heavy atom. The number of amides is 1. The molecule has 2 aromatic rings. The summed E-state index contributed by atoms with van der Waals surface area (Å²) < 4.78 is 54.9. The van der Waals surface area contributed by atoms with E-state index in [-0.39, 0.29) is 28.1 Å². The van der Waals surface area contributed by atoms with Crippen LogP contribution in [0.15, 0.2) is 47.4 Å². The third kappa shape index (κ3) is 7.04. The Morgan fingerprint density at radius 2 is 1.49 bits per heavy atom. The number of rotatable bonds is 7. The topological polar surface area (TPSA) is 104 Å². The molecule has 0 saturated carbocycles. The molecular formula is C25H31Cl2N3O5S2. The average Bonchev–Trinajstić information content (AvgIpc) is 3.17. The molecule has 2 heterocycles. The van der Waals surface area contributed by atoms with Gasteiger partial charge in [0.05, 0.1) is 26.6 Å². The van der Waals surface area contributed by atoms with Crippen molar-refractivity contribution in [3.8, 4) is 0 Å². The minimum Gasteiger partial charge on any atom is -0.326 e. The van der Waals surface area contributed by atoms with Gasteiger partial charge in [0, 0.05) is 31.9 Å². The van der Waals surface area contributed by atoms with Gasteiger partial charge in [-0.15, -0.1) is 0 Å². The second-order valence-corrected chi connectivity index (χ2v) is 14.3. The number of nitrogens with zero attached hydrogens (tertiary/aromatic N) is 2. The number of hydrogen-bond acceptors (Lipinski definition) is 5. The highest BCUT2D eigenvalue weighted by Crippen LogP contribution is 2.27. The summed E-state index contributed by atoms with van der Waals surface area (Å²) in [6.07, 6.45) is 4.90. The van der Waals surface area contributed by atoms with E-state index in [0.717, 1.165) is 25.7 Å². The van der Waals surface area contributed by atoms with E-state index in [0.29, 0.717) is 48.7 Å². The first kappa shape index (κ1) is 28.3. The van der Waals surface area contributed by atoms with Gasteiger partial charge in [-0.1, -0.05) is 42.1 Å². The van der Waals surface area contributed by atoms with Crippen LogP contribution in [0.5, 0.6) is 0 Å². The highest BCUT2D eigenvalue weighted by atomic mass is 35.5. The summed E-state index contributed by atoms with van der Waals surface area (Å²) in [4.78, 5) is 13.2. The van der Waals surface area contributed by atoms with E-state index in [1.807, 2.05) is 0 Å². The number of anilines is 1. The molecule has 1 atom stereocenters. The van der Waals surface area contributed by atoms with Crippen molar-refractivity contribution in [2.45, 2.75) is 49.2 Å². The molecule has 0 bridgehead atoms. The Balaban J connectivity index is 1.38. The van der Waals surface area contributed by atoms with Crippen LogP contribution in [0, 0.1) is 5.92 Å². The fourth-order valence-corrected chi connectivity index (χ4v) is 8.16. The lowest BCUT2D eigenvalue weighted by molar-refractivity contribution is -0.120. The van der Waals surface area contributed by atoms with Gasteiger partial charge < -0.3 is 5.32 Å². The van der Waals surface area contributed by atoms with Crippen molar-refractivity contribution < 1.29 is 21.6 Å². The number of benzene rings is 2. The fraction of sp³-hybridized carbons (Fsp3) is 0.480. The Labute approximate surface area is 229 Å². The largest absolute Gasteiger partial charge is 0.326 e. The second-order valence-electron chi connectivity index (χ2n) is 9.53. The van der Waals surface area contributed by atoms with Gasteiger partial charge in [-0.2, -0.15) is 4.31 Å². The summed E-state index contributed by atoms with van der Waals surface area (Å²) in [5.74, 6) is -1.04. The van der Waals surface area contributed by atoms with Gasteiger partial charge in [0.25, 0.3) is 0 Å². The number of nitrogens with one attached hydrogen (secondary N) is 1. The monoisotopic (exact) mass is 587 g/mol. The smallest absolute Gasteiger partial charge is 0.243 e. The number of carbonyl (C=O) groups excluding carboxylic acids is 1. The van der Waals surface area contributed by atoms with E-state index < -0.39 is 26.0 Å². The molecule has 1 N–H and O–H groups in total. The zero-order valence-electron chi connectivity index (χ0n) is 20.4. The molecule has 2 fully saturated rings. The highest BCUT2D eigenvalue weighted by Gasteiger charge is 2.33. The standard InChI is InChI=1S/C25H31Cl2N3O5S2/c26-23-12-7-19(16-24(23)27)18-36(32,33)30-15-5-6-20(17-30)25(31)28-21-8-10-22(11-9-21)37(34,35)29-13-3-1-2-4-14-29/h7-12,16,20H,1-6,13-15,17-18H2,(H,28,31)/t20-/m0/s1. The molecule has 2 saturated heterocycles. The van der Waals surface area contributed by atoms with Gasteiger partial charge in [-0.3, -0.25) is 4.79 Å². The lowest BCUT2D eigenvalue weighted by atomic mass is 9.99. The van der Waals surface area contributed by atoms with Crippen molar-refractivity contribution in [3.05, 3.63) is 58.1 Å². The van der Waals surface area contributed by atoms with Crippen LogP contribution in [0.4, 0.5) is 5.69 Å². The highest BCUT2D eigenvalue weighted by molar-refractivity contribution is 7.89. The van der Waals surface area contributed by atoms with E-state index in [2.05, 4.69) is 5.32 Å². The summed E-state index contributed by atoms with van der Waals surface area (Å²) in [5, 5.41) is 3.45. The van der Waals surface area contributed by atoms with Gasteiger partial charge in [0.1, 0.15) is 0 Å². The van der Waals surface area contributed by atoms with Crippen LogP contribution < -0.4 is 5.32 Å². The van der Waals surface area contributed by atoms with Crippen molar-refractivity contribution in [1.29, 1.82) is 0 Å². The van der Waals surface area contributed by atoms with Crippen LogP contribution in [0.3, 0.4) is 0 Å². The molecule has 0 spiro atoms. The maximum Gasteiger partial charge on any atom is 0.243 e. The first-order chi connectivity index (χ1) is 17.6. The predicted molar refractivity (Wildman–Crippen MR) is 146 cm³/mol. The van der Waals surface area contributed by atoms with Crippen molar-refractivity contribution in [2.24, 2.45) is 5.92 Å². The maximum atomic E-state index is 13.0. The molecule has 1 amide bonds. The van der Waals surface area contributed by atoms with Crippen LogP contribution in [-0.4, -0.2) is 57.5 Å². The van der Waals surface area contributed by atoms with Gasteiger partial charge in [0.2, 0.25) is 26.0 Å². The fourth-order valence-electron chi connectivity index (χ4n) is 4.73. The van der Waals surface area contributed by atoms with Crippen LogP contribution in [0.1, 0.15) is 44.1 Å². The Kier molecular flexibility index (Phi) is 9.19.